The van der Waals surface area contributed by atoms with Crippen molar-refractivity contribution in [3.63, 3.8) is 0 Å². The van der Waals surface area contributed by atoms with Crippen molar-refractivity contribution in [2.75, 3.05) is 0 Å². The molecule has 4 nitrogen and oxygen atoms in total. The molecule has 0 fully saturated rings. The Hall–Kier alpha value is -2.06. The molecule has 0 amide bonds. The van der Waals surface area contributed by atoms with E-state index in [2.05, 4.69) is 36.1 Å². The van der Waals surface area contributed by atoms with Crippen LogP contribution in [0.3, 0.4) is 0 Å². The Morgan fingerprint density at radius 3 is 2.78 bits per heavy atom. The van der Waals surface area contributed by atoms with Crippen LogP contribution in [-0.4, -0.2) is 28.8 Å². The smallest absolute Gasteiger partial charge is 0.417 e. The summed E-state index contributed by atoms with van der Waals surface area (Å²) in [6.07, 6.45) is 2.07. The Bertz CT molecular complexity index is 672. The van der Waals surface area contributed by atoms with Crippen LogP contribution in [0, 0.1) is 11.5 Å². The van der Waals surface area contributed by atoms with E-state index in [1.807, 2.05) is 6.07 Å². The Balaban J connectivity index is 2.65. The number of hydrogen-bond acceptors (Lipinski definition) is 2. The van der Waals surface area contributed by atoms with E-state index in [-0.39, 0.29) is 0 Å². The zero-order valence-electron chi connectivity index (χ0n) is 10.6. The lowest BCUT2D eigenvalue weighted by Crippen LogP contribution is -2.16. The summed E-state index contributed by atoms with van der Waals surface area (Å²) in [4.78, 5) is 15.2. The fourth-order valence-electron chi connectivity index (χ4n) is 1.56. The first-order valence-electron chi connectivity index (χ1n) is 5.61. The van der Waals surface area contributed by atoms with Crippen LogP contribution in [0.15, 0.2) is 24.5 Å². The van der Waals surface area contributed by atoms with Crippen LogP contribution in [0.1, 0.15) is 5.56 Å². The van der Waals surface area contributed by atoms with Crippen molar-refractivity contribution < 1.29 is 9.90 Å². The molecule has 0 radical (unpaired) electrons. The van der Waals surface area contributed by atoms with Crippen molar-refractivity contribution in [1.29, 1.82) is 0 Å². The third-order valence-corrected chi connectivity index (χ3v) is 3.22. The van der Waals surface area contributed by atoms with Gasteiger partial charge in [0.25, 0.3) is 0 Å². The van der Waals surface area contributed by atoms with E-state index < -0.39 is 14.2 Å². The lowest BCUT2D eigenvalue weighted by molar-refractivity contribution is 0.197. The van der Waals surface area contributed by atoms with Gasteiger partial charge in [-0.1, -0.05) is 25.6 Å². The second-order valence-corrected chi connectivity index (χ2v) is 9.82. The molecule has 5 heteroatoms. The zero-order valence-corrected chi connectivity index (χ0v) is 11.6. The van der Waals surface area contributed by atoms with Gasteiger partial charge >= 0.3 is 6.09 Å². The van der Waals surface area contributed by atoms with Crippen LogP contribution < -0.4 is 0 Å². The van der Waals surface area contributed by atoms with Crippen molar-refractivity contribution in [2.24, 2.45) is 0 Å². The minimum absolute atomic E-state index is 0.435. The number of rotatable bonds is 0. The number of aromatic nitrogens is 2. The van der Waals surface area contributed by atoms with Gasteiger partial charge in [0, 0.05) is 17.8 Å². The van der Waals surface area contributed by atoms with Crippen LogP contribution in [-0.2, 0) is 0 Å². The molecule has 0 saturated heterocycles. The minimum atomic E-state index is -1.48. The highest BCUT2D eigenvalue weighted by molar-refractivity contribution is 6.83. The normalized spacial score (nSPS) is 11.1. The Labute approximate surface area is 106 Å². The summed E-state index contributed by atoms with van der Waals surface area (Å²) < 4.78 is 1.11. The van der Waals surface area contributed by atoms with Crippen molar-refractivity contribution in [1.82, 2.24) is 9.55 Å². The predicted octanol–water partition coefficient (Wildman–Crippen LogP) is 2.79. The van der Waals surface area contributed by atoms with Crippen molar-refractivity contribution >= 4 is 25.2 Å². The monoisotopic (exact) mass is 258 g/mol. The van der Waals surface area contributed by atoms with Crippen molar-refractivity contribution in [2.45, 2.75) is 19.6 Å². The topological polar surface area (TPSA) is 55.1 Å². The van der Waals surface area contributed by atoms with Gasteiger partial charge in [0.1, 0.15) is 8.07 Å². The molecular formula is C13H14N2O2Si. The van der Waals surface area contributed by atoms with Crippen molar-refractivity contribution in [3.05, 3.63) is 30.1 Å². The number of nitrogens with zero attached hydrogens (tertiary/aromatic N) is 2. The number of pyridine rings is 1. The largest absolute Gasteiger partial charge is 0.464 e. The van der Waals surface area contributed by atoms with E-state index in [0.717, 1.165) is 15.5 Å². The molecule has 0 aliphatic heterocycles. The van der Waals surface area contributed by atoms with Crippen LogP contribution in [0.2, 0.25) is 19.6 Å². The van der Waals surface area contributed by atoms with Gasteiger partial charge in [-0.3, -0.25) is 0 Å². The number of carboxylic acid groups (broad SMARTS) is 1. The first-order valence-corrected chi connectivity index (χ1v) is 9.11. The van der Waals surface area contributed by atoms with E-state index >= 15 is 0 Å². The standard InChI is InChI=1S/C13H14N2O2Si/c1-18(2,3)8-6-10-9-15(13(16)17)12-11(10)5-4-7-14-12/h4-5,7,9H,1-3H3,(H,16,17). The van der Waals surface area contributed by atoms with Gasteiger partial charge in [-0.25, -0.2) is 14.3 Å². The van der Waals surface area contributed by atoms with Gasteiger partial charge in [0.05, 0.1) is 5.56 Å². The molecular weight excluding hydrogens is 244 g/mol. The lowest BCUT2D eigenvalue weighted by Gasteiger charge is -2.02. The molecule has 0 aliphatic carbocycles. The molecule has 92 valence electrons. The average Bonchev–Trinajstić information content (AvgIpc) is 2.64. The van der Waals surface area contributed by atoms with Gasteiger partial charge < -0.3 is 5.11 Å². The summed E-state index contributed by atoms with van der Waals surface area (Å²) >= 11 is 0. The van der Waals surface area contributed by atoms with Gasteiger partial charge in [-0.05, 0) is 12.1 Å². The predicted molar refractivity (Wildman–Crippen MR) is 73.4 cm³/mol. The summed E-state index contributed by atoms with van der Waals surface area (Å²) in [6, 6.07) is 3.63. The minimum Gasteiger partial charge on any atom is -0.464 e. The summed E-state index contributed by atoms with van der Waals surface area (Å²) in [5.74, 6) is 3.09. The highest BCUT2D eigenvalue weighted by atomic mass is 28.3. The maximum atomic E-state index is 11.1. The van der Waals surface area contributed by atoms with E-state index in [0.29, 0.717) is 5.65 Å². The first-order chi connectivity index (χ1) is 8.38. The van der Waals surface area contributed by atoms with E-state index in [1.54, 1.807) is 12.3 Å². The number of carbonyl (C=O) groups is 1. The molecule has 0 aromatic carbocycles. The quantitative estimate of drug-likeness (QED) is 0.584. The Morgan fingerprint density at radius 1 is 1.44 bits per heavy atom. The molecule has 0 bridgehead atoms. The molecule has 0 atom stereocenters. The molecule has 2 heterocycles. The van der Waals surface area contributed by atoms with Gasteiger partial charge in [0.2, 0.25) is 0 Å². The molecule has 0 saturated carbocycles. The molecule has 2 aromatic rings. The Morgan fingerprint density at radius 2 is 2.17 bits per heavy atom. The van der Waals surface area contributed by atoms with E-state index in [9.17, 15) is 4.79 Å². The molecule has 0 aliphatic rings. The highest BCUT2D eigenvalue weighted by Crippen LogP contribution is 2.18. The third-order valence-electron chi connectivity index (χ3n) is 2.34. The molecule has 0 unspecified atom stereocenters. The Kier molecular flexibility index (Phi) is 2.97. The summed E-state index contributed by atoms with van der Waals surface area (Å²) in [5.41, 5.74) is 4.40. The zero-order chi connectivity index (χ0) is 13.3. The highest BCUT2D eigenvalue weighted by Gasteiger charge is 2.13. The fourth-order valence-corrected chi connectivity index (χ4v) is 2.07. The summed E-state index contributed by atoms with van der Waals surface area (Å²) in [7, 11) is -1.48. The van der Waals surface area contributed by atoms with Gasteiger partial charge in [-0.2, -0.15) is 0 Å². The second-order valence-electron chi connectivity index (χ2n) is 5.07. The second kappa shape index (κ2) is 4.31. The average molecular weight is 258 g/mol. The fraction of sp³-hybridized carbons (Fsp3) is 0.231. The molecule has 18 heavy (non-hydrogen) atoms. The van der Waals surface area contributed by atoms with Crippen LogP contribution >= 0.6 is 0 Å². The maximum Gasteiger partial charge on any atom is 0.417 e. The SMILES string of the molecule is C[Si](C)(C)C#Cc1cn(C(=O)O)c2ncccc12. The van der Waals surface area contributed by atoms with Crippen molar-refractivity contribution in [3.8, 4) is 11.5 Å². The van der Waals surface area contributed by atoms with Crippen LogP contribution in [0.4, 0.5) is 4.79 Å². The molecule has 1 N–H and O–H groups in total. The summed E-state index contributed by atoms with van der Waals surface area (Å²) in [5, 5.41) is 9.89. The van der Waals surface area contributed by atoms with Crippen LogP contribution in [0.5, 0.6) is 0 Å². The van der Waals surface area contributed by atoms with E-state index in [1.165, 1.54) is 6.20 Å². The molecule has 0 spiro atoms. The summed E-state index contributed by atoms with van der Waals surface area (Å²) in [6.45, 7) is 6.44. The number of hydrogen-bond donors (Lipinski definition) is 1. The van der Waals surface area contributed by atoms with Crippen LogP contribution in [0.25, 0.3) is 11.0 Å². The molecule has 2 aromatic heterocycles. The maximum absolute atomic E-state index is 11.1. The number of fused-ring (bicyclic) bond motifs is 1. The lowest BCUT2D eigenvalue weighted by atomic mass is 10.2. The first kappa shape index (κ1) is 12.4. The van der Waals surface area contributed by atoms with Gasteiger partial charge in [0.15, 0.2) is 5.65 Å². The van der Waals surface area contributed by atoms with E-state index in [4.69, 9.17) is 5.11 Å². The third kappa shape index (κ3) is 2.44. The van der Waals surface area contributed by atoms with Gasteiger partial charge in [-0.15, -0.1) is 5.54 Å². The molecule has 2 rings (SSSR count).